The molecule has 0 unspecified atom stereocenters. The predicted octanol–water partition coefficient (Wildman–Crippen LogP) is 4.79. The molecule has 2 heterocycles. The van der Waals surface area contributed by atoms with E-state index in [1.165, 1.54) is 15.3 Å². The molecule has 0 saturated carbocycles. The third-order valence-corrected chi connectivity index (χ3v) is 4.65. The molecule has 0 atom stereocenters. The Kier molecular flexibility index (Phi) is 3.62. The number of hydrogen-bond donors (Lipinski definition) is 1. The van der Waals surface area contributed by atoms with Crippen LogP contribution in [0, 0.1) is 6.92 Å². The molecule has 0 fully saturated rings. The van der Waals surface area contributed by atoms with E-state index in [0.29, 0.717) is 0 Å². The van der Waals surface area contributed by atoms with Crippen molar-refractivity contribution in [2.24, 2.45) is 0 Å². The Bertz CT molecular complexity index is 639. The van der Waals surface area contributed by atoms with Crippen LogP contribution in [0.25, 0.3) is 10.6 Å². The van der Waals surface area contributed by atoms with Crippen molar-refractivity contribution < 1.29 is 0 Å². The molecule has 0 aliphatic carbocycles. The van der Waals surface area contributed by atoms with Crippen molar-refractivity contribution in [2.45, 2.75) is 13.5 Å². The smallest absolute Gasteiger partial charge is 0.123 e. The van der Waals surface area contributed by atoms with Gasteiger partial charge in [-0.3, -0.25) is 0 Å². The van der Waals surface area contributed by atoms with Crippen LogP contribution in [0.3, 0.4) is 0 Å². The molecule has 4 heteroatoms. The highest BCUT2D eigenvalue weighted by Gasteiger charge is 2.01. The maximum Gasteiger partial charge on any atom is 0.123 e. The summed E-state index contributed by atoms with van der Waals surface area (Å²) in [5, 5.41) is 6.51. The molecular weight excluding hydrogens is 272 g/mol. The molecule has 0 aliphatic heterocycles. The normalized spacial score (nSPS) is 10.6. The molecule has 1 N–H and O–H groups in total. The second-order valence-corrected chi connectivity index (χ2v) is 6.55. The van der Waals surface area contributed by atoms with E-state index in [9.17, 15) is 0 Å². The summed E-state index contributed by atoms with van der Waals surface area (Å²) in [7, 11) is 0. The van der Waals surface area contributed by atoms with Gasteiger partial charge >= 0.3 is 0 Å². The minimum absolute atomic E-state index is 0.884. The van der Waals surface area contributed by atoms with Gasteiger partial charge in [-0.15, -0.1) is 22.7 Å². The van der Waals surface area contributed by atoms with E-state index >= 15 is 0 Å². The lowest BCUT2D eigenvalue weighted by Crippen LogP contribution is -1.96. The number of aryl methyl sites for hydroxylation is 1. The second-order valence-electron chi connectivity index (χ2n) is 4.28. The van der Waals surface area contributed by atoms with E-state index in [1.807, 2.05) is 22.9 Å². The zero-order valence-corrected chi connectivity index (χ0v) is 12.2. The van der Waals surface area contributed by atoms with Crippen LogP contribution >= 0.6 is 22.7 Å². The Morgan fingerprint density at radius 1 is 1.11 bits per heavy atom. The number of nitrogens with zero attached hydrogens (tertiary/aromatic N) is 1. The Morgan fingerprint density at radius 3 is 2.58 bits per heavy atom. The van der Waals surface area contributed by atoms with Gasteiger partial charge in [0.1, 0.15) is 5.01 Å². The Balaban J connectivity index is 1.66. The third kappa shape index (κ3) is 3.03. The molecule has 2 nitrogen and oxygen atoms in total. The first kappa shape index (κ1) is 12.4. The maximum absolute atomic E-state index is 4.31. The van der Waals surface area contributed by atoms with E-state index in [2.05, 4.69) is 53.6 Å². The monoisotopic (exact) mass is 286 g/mol. The van der Waals surface area contributed by atoms with E-state index < -0.39 is 0 Å². The van der Waals surface area contributed by atoms with Crippen LogP contribution in [0.2, 0.25) is 0 Å². The first-order valence-corrected chi connectivity index (χ1v) is 7.80. The molecule has 96 valence electrons. The van der Waals surface area contributed by atoms with E-state index in [0.717, 1.165) is 17.2 Å². The van der Waals surface area contributed by atoms with Crippen molar-refractivity contribution >= 4 is 28.4 Å². The fourth-order valence-corrected chi connectivity index (χ4v) is 3.34. The standard InChI is InChI=1S/C15H14N2S2/c1-11-2-7-14(19-11)10-17-13-5-3-12(4-6-13)15-16-8-9-18-15/h2-9,17H,10H2,1H3. The highest BCUT2D eigenvalue weighted by Crippen LogP contribution is 2.24. The highest BCUT2D eigenvalue weighted by atomic mass is 32.1. The minimum atomic E-state index is 0.884. The molecule has 0 aliphatic rings. The van der Waals surface area contributed by atoms with Gasteiger partial charge in [0.2, 0.25) is 0 Å². The molecule has 0 amide bonds. The van der Waals surface area contributed by atoms with Crippen LogP contribution in [0.5, 0.6) is 0 Å². The molecule has 3 aromatic rings. The lowest BCUT2D eigenvalue weighted by atomic mass is 10.2. The first-order valence-electron chi connectivity index (χ1n) is 6.10. The molecule has 19 heavy (non-hydrogen) atoms. The zero-order chi connectivity index (χ0) is 13.1. The maximum atomic E-state index is 4.31. The summed E-state index contributed by atoms with van der Waals surface area (Å²) in [4.78, 5) is 7.03. The largest absolute Gasteiger partial charge is 0.380 e. The van der Waals surface area contributed by atoms with Gasteiger partial charge in [0.15, 0.2) is 0 Å². The number of nitrogens with one attached hydrogen (secondary N) is 1. The van der Waals surface area contributed by atoms with Crippen LogP contribution < -0.4 is 5.32 Å². The third-order valence-electron chi connectivity index (χ3n) is 2.83. The average molecular weight is 286 g/mol. The van der Waals surface area contributed by atoms with Gasteiger partial charge in [-0.05, 0) is 43.3 Å². The van der Waals surface area contributed by atoms with Gasteiger partial charge in [0.05, 0.1) is 0 Å². The summed E-state index contributed by atoms with van der Waals surface area (Å²) >= 11 is 3.50. The van der Waals surface area contributed by atoms with Crippen LogP contribution in [0.1, 0.15) is 9.75 Å². The predicted molar refractivity (Wildman–Crippen MR) is 83.9 cm³/mol. The Labute approximate surface area is 120 Å². The number of rotatable bonds is 4. The molecule has 0 radical (unpaired) electrons. The summed E-state index contributed by atoms with van der Waals surface area (Å²) in [6.07, 6.45) is 1.84. The van der Waals surface area contributed by atoms with Crippen LogP contribution in [0.15, 0.2) is 48.0 Å². The Morgan fingerprint density at radius 2 is 1.95 bits per heavy atom. The van der Waals surface area contributed by atoms with Gasteiger partial charge in [-0.1, -0.05) is 0 Å². The number of anilines is 1. The summed E-state index contributed by atoms with van der Waals surface area (Å²) in [6.45, 7) is 3.02. The van der Waals surface area contributed by atoms with Crippen LogP contribution in [-0.2, 0) is 6.54 Å². The SMILES string of the molecule is Cc1ccc(CNc2ccc(-c3nccs3)cc2)s1. The fraction of sp³-hybridized carbons (Fsp3) is 0.133. The van der Waals surface area contributed by atoms with E-state index in [4.69, 9.17) is 0 Å². The number of hydrogen-bond acceptors (Lipinski definition) is 4. The Hall–Kier alpha value is -1.65. The van der Waals surface area contributed by atoms with Crippen LogP contribution in [-0.4, -0.2) is 4.98 Å². The fourth-order valence-electron chi connectivity index (χ4n) is 1.87. The molecule has 0 saturated heterocycles. The van der Waals surface area contributed by atoms with Crippen molar-refractivity contribution in [3.8, 4) is 10.6 Å². The van der Waals surface area contributed by atoms with Crippen molar-refractivity contribution in [3.63, 3.8) is 0 Å². The molecular formula is C15H14N2S2. The summed E-state index contributed by atoms with van der Waals surface area (Å²) < 4.78 is 0. The van der Waals surface area contributed by atoms with Gasteiger partial charge in [0, 0.05) is 39.1 Å². The molecule has 2 aromatic heterocycles. The number of benzene rings is 1. The van der Waals surface area contributed by atoms with Crippen molar-refractivity contribution in [1.29, 1.82) is 0 Å². The lowest BCUT2D eigenvalue weighted by Gasteiger charge is -2.05. The van der Waals surface area contributed by atoms with Gasteiger partial charge in [-0.2, -0.15) is 0 Å². The van der Waals surface area contributed by atoms with Crippen molar-refractivity contribution in [2.75, 3.05) is 5.32 Å². The number of thiazole rings is 1. The zero-order valence-electron chi connectivity index (χ0n) is 10.6. The molecule has 1 aromatic carbocycles. The summed E-state index contributed by atoms with van der Waals surface area (Å²) in [5.41, 5.74) is 2.32. The quantitative estimate of drug-likeness (QED) is 0.745. The summed E-state index contributed by atoms with van der Waals surface area (Å²) in [6, 6.07) is 12.8. The van der Waals surface area contributed by atoms with Gasteiger partial charge in [0.25, 0.3) is 0 Å². The van der Waals surface area contributed by atoms with Crippen molar-refractivity contribution in [3.05, 3.63) is 57.7 Å². The molecule has 0 spiro atoms. The van der Waals surface area contributed by atoms with Gasteiger partial charge in [-0.25, -0.2) is 4.98 Å². The second kappa shape index (κ2) is 5.55. The van der Waals surface area contributed by atoms with E-state index in [-0.39, 0.29) is 0 Å². The topological polar surface area (TPSA) is 24.9 Å². The molecule has 0 bridgehead atoms. The minimum Gasteiger partial charge on any atom is -0.380 e. The average Bonchev–Trinajstić information content (AvgIpc) is 3.08. The summed E-state index contributed by atoms with van der Waals surface area (Å²) in [5.74, 6) is 0. The highest BCUT2D eigenvalue weighted by molar-refractivity contribution is 7.13. The molecule has 3 rings (SSSR count). The van der Waals surface area contributed by atoms with Crippen LogP contribution in [0.4, 0.5) is 5.69 Å². The van der Waals surface area contributed by atoms with E-state index in [1.54, 1.807) is 11.3 Å². The van der Waals surface area contributed by atoms with Crippen molar-refractivity contribution in [1.82, 2.24) is 4.98 Å². The number of aromatic nitrogens is 1. The van der Waals surface area contributed by atoms with Gasteiger partial charge < -0.3 is 5.32 Å². The lowest BCUT2D eigenvalue weighted by molar-refractivity contribution is 1.19. The number of thiophene rings is 1. The first-order chi connectivity index (χ1) is 9.31.